The van der Waals surface area contributed by atoms with Crippen LogP contribution in [0.4, 0.5) is 5.69 Å². The summed E-state index contributed by atoms with van der Waals surface area (Å²) in [5.74, 6) is -0.694. The largest absolute Gasteiger partial charge is 0.419 e. The van der Waals surface area contributed by atoms with E-state index in [2.05, 4.69) is 5.32 Å². The van der Waals surface area contributed by atoms with Crippen LogP contribution in [0.25, 0.3) is 11.1 Å². The van der Waals surface area contributed by atoms with Gasteiger partial charge >= 0.3 is 5.76 Å². The molecule has 140 valence electrons. The lowest BCUT2D eigenvalue weighted by atomic mass is 10.1. The summed E-state index contributed by atoms with van der Waals surface area (Å²) in [7, 11) is 0. The van der Waals surface area contributed by atoms with Gasteiger partial charge in [-0.05, 0) is 30.5 Å². The molecule has 0 aliphatic heterocycles. The van der Waals surface area contributed by atoms with Crippen molar-refractivity contribution in [3.63, 3.8) is 0 Å². The van der Waals surface area contributed by atoms with Gasteiger partial charge in [0.05, 0.1) is 16.5 Å². The first kappa shape index (κ1) is 18.4. The fourth-order valence-corrected chi connectivity index (χ4v) is 2.87. The fourth-order valence-electron chi connectivity index (χ4n) is 2.87. The maximum atomic E-state index is 12.0. The minimum Gasteiger partial charge on any atom is -0.407 e. The molecule has 3 aromatic rings. The third-order valence-corrected chi connectivity index (χ3v) is 4.39. The van der Waals surface area contributed by atoms with Crippen LogP contribution in [0.15, 0.2) is 51.7 Å². The first-order valence-corrected chi connectivity index (χ1v) is 8.54. The molecule has 8 heteroatoms. The van der Waals surface area contributed by atoms with Crippen molar-refractivity contribution in [2.75, 3.05) is 0 Å². The van der Waals surface area contributed by atoms with E-state index < -0.39 is 10.7 Å². The van der Waals surface area contributed by atoms with Crippen LogP contribution in [0.5, 0.6) is 0 Å². The molecule has 0 aliphatic carbocycles. The Morgan fingerprint density at radius 3 is 2.78 bits per heavy atom. The second-order valence-electron chi connectivity index (χ2n) is 6.24. The minimum atomic E-state index is -0.592. The molecule has 0 saturated heterocycles. The quantitative estimate of drug-likeness (QED) is 0.509. The average Bonchev–Trinajstić information content (AvgIpc) is 2.95. The average molecular weight is 369 g/mol. The number of hydrogen-bond donors (Lipinski definition) is 1. The SMILES string of the molecule is Cc1ccccc1CNC(=O)CCCn1c(=O)oc2cc([N+](=O)[O-])ccc21. The predicted octanol–water partition coefficient (Wildman–Crippen LogP) is 2.91. The molecule has 1 amide bonds. The number of amides is 1. The van der Waals surface area contributed by atoms with E-state index in [-0.39, 0.29) is 23.6 Å². The number of benzene rings is 2. The van der Waals surface area contributed by atoms with Crippen LogP contribution >= 0.6 is 0 Å². The summed E-state index contributed by atoms with van der Waals surface area (Å²) in [5, 5.41) is 13.7. The zero-order chi connectivity index (χ0) is 19.4. The minimum absolute atomic E-state index is 0.102. The molecule has 2 aromatic carbocycles. The molecule has 8 nitrogen and oxygen atoms in total. The van der Waals surface area contributed by atoms with E-state index >= 15 is 0 Å². The number of carbonyl (C=O) groups is 1. The number of oxazole rings is 1. The Morgan fingerprint density at radius 2 is 2.04 bits per heavy atom. The summed E-state index contributed by atoms with van der Waals surface area (Å²) in [6, 6.07) is 11.9. The van der Waals surface area contributed by atoms with Crippen molar-refractivity contribution in [2.24, 2.45) is 0 Å². The maximum Gasteiger partial charge on any atom is 0.419 e. The lowest BCUT2D eigenvalue weighted by Crippen LogP contribution is -2.24. The number of carbonyl (C=O) groups excluding carboxylic acids is 1. The summed E-state index contributed by atoms with van der Waals surface area (Å²) in [5.41, 5.74) is 2.68. The van der Waals surface area contributed by atoms with Crippen molar-refractivity contribution >= 4 is 22.7 Å². The summed E-state index contributed by atoms with van der Waals surface area (Å²) in [6.45, 7) is 2.74. The smallest absolute Gasteiger partial charge is 0.407 e. The van der Waals surface area contributed by atoms with Crippen molar-refractivity contribution in [1.29, 1.82) is 0 Å². The Labute approximate surface area is 154 Å². The van der Waals surface area contributed by atoms with Crippen molar-refractivity contribution in [3.8, 4) is 0 Å². The highest BCUT2D eigenvalue weighted by atomic mass is 16.6. The molecule has 1 N–H and O–H groups in total. The second kappa shape index (κ2) is 7.86. The van der Waals surface area contributed by atoms with E-state index in [4.69, 9.17) is 4.42 Å². The molecule has 27 heavy (non-hydrogen) atoms. The number of non-ortho nitro benzene ring substituents is 1. The molecule has 0 bridgehead atoms. The summed E-state index contributed by atoms with van der Waals surface area (Å²) in [6.07, 6.45) is 0.711. The number of aromatic nitrogens is 1. The second-order valence-corrected chi connectivity index (χ2v) is 6.24. The number of nitrogens with one attached hydrogen (secondary N) is 1. The van der Waals surface area contributed by atoms with Gasteiger partial charge in [-0.3, -0.25) is 19.5 Å². The van der Waals surface area contributed by atoms with E-state index in [0.29, 0.717) is 25.0 Å². The van der Waals surface area contributed by atoms with Crippen molar-refractivity contribution < 1.29 is 14.1 Å². The number of nitrogens with zero attached hydrogens (tertiary/aromatic N) is 2. The number of fused-ring (bicyclic) bond motifs is 1. The predicted molar refractivity (Wildman–Crippen MR) is 99.4 cm³/mol. The molecule has 0 spiro atoms. The van der Waals surface area contributed by atoms with Gasteiger partial charge in [-0.1, -0.05) is 24.3 Å². The topological polar surface area (TPSA) is 107 Å². The standard InChI is InChI=1S/C19H19N3O5/c1-13-5-2-3-6-14(13)12-20-18(23)7-4-10-21-16-9-8-15(22(25)26)11-17(16)27-19(21)24/h2-3,5-6,8-9,11H,4,7,10,12H2,1H3,(H,20,23). The van der Waals surface area contributed by atoms with Gasteiger partial charge in [-0.25, -0.2) is 4.79 Å². The van der Waals surface area contributed by atoms with E-state index in [1.807, 2.05) is 31.2 Å². The van der Waals surface area contributed by atoms with Crippen molar-refractivity contribution in [2.45, 2.75) is 32.9 Å². The first-order chi connectivity index (χ1) is 13.0. The highest BCUT2D eigenvalue weighted by Gasteiger charge is 2.14. The highest BCUT2D eigenvalue weighted by Crippen LogP contribution is 2.20. The highest BCUT2D eigenvalue weighted by molar-refractivity contribution is 5.76. The van der Waals surface area contributed by atoms with Crippen LogP contribution in [-0.4, -0.2) is 15.4 Å². The molecule has 0 fully saturated rings. The number of rotatable bonds is 7. The molecule has 3 rings (SSSR count). The van der Waals surface area contributed by atoms with Crippen LogP contribution in [0.1, 0.15) is 24.0 Å². The molecule has 0 atom stereocenters. The fraction of sp³-hybridized carbons (Fsp3) is 0.263. The zero-order valence-corrected chi connectivity index (χ0v) is 14.8. The van der Waals surface area contributed by atoms with Gasteiger partial charge in [0.1, 0.15) is 0 Å². The van der Waals surface area contributed by atoms with Crippen LogP contribution in [0.2, 0.25) is 0 Å². The Balaban J connectivity index is 1.58. The third kappa shape index (κ3) is 4.22. The molecule has 1 aromatic heterocycles. The monoisotopic (exact) mass is 369 g/mol. The van der Waals surface area contributed by atoms with Gasteiger partial charge in [-0.15, -0.1) is 0 Å². The van der Waals surface area contributed by atoms with Gasteiger partial charge < -0.3 is 9.73 Å². The molecule has 1 heterocycles. The normalized spacial score (nSPS) is 10.9. The van der Waals surface area contributed by atoms with Gasteiger partial charge in [0.25, 0.3) is 5.69 Å². The number of nitro benzene ring substituents is 1. The van der Waals surface area contributed by atoms with Crippen molar-refractivity contribution in [1.82, 2.24) is 9.88 Å². The first-order valence-electron chi connectivity index (χ1n) is 8.54. The van der Waals surface area contributed by atoms with Gasteiger partial charge in [0.15, 0.2) is 5.58 Å². The van der Waals surface area contributed by atoms with E-state index in [1.165, 1.54) is 22.8 Å². The summed E-state index contributed by atoms with van der Waals surface area (Å²) < 4.78 is 6.45. The molecule has 0 saturated carbocycles. The van der Waals surface area contributed by atoms with E-state index in [1.54, 1.807) is 0 Å². The third-order valence-electron chi connectivity index (χ3n) is 4.39. The molecular formula is C19H19N3O5. The Bertz CT molecular complexity index is 1050. The van der Waals surface area contributed by atoms with Gasteiger partial charge in [0.2, 0.25) is 5.91 Å². The van der Waals surface area contributed by atoms with Crippen LogP contribution in [-0.2, 0) is 17.9 Å². The summed E-state index contributed by atoms with van der Waals surface area (Å²) in [4.78, 5) is 34.3. The molecule has 0 aliphatic rings. The number of hydrogen-bond acceptors (Lipinski definition) is 5. The molecular weight excluding hydrogens is 350 g/mol. The van der Waals surface area contributed by atoms with Crippen LogP contribution < -0.4 is 11.1 Å². The van der Waals surface area contributed by atoms with Gasteiger partial charge in [-0.2, -0.15) is 0 Å². The Hall–Kier alpha value is -3.42. The van der Waals surface area contributed by atoms with Crippen LogP contribution in [0, 0.1) is 17.0 Å². The number of nitro groups is 1. The number of aryl methyl sites for hydroxylation is 2. The lowest BCUT2D eigenvalue weighted by Gasteiger charge is -2.08. The van der Waals surface area contributed by atoms with Gasteiger partial charge in [0, 0.05) is 25.6 Å². The lowest BCUT2D eigenvalue weighted by molar-refractivity contribution is -0.384. The zero-order valence-electron chi connectivity index (χ0n) is 14.8. The Kier molecular flexibility index (Phi) is 5.35. The Morgan fingerprint density at radius 1 is 1.26 bits per heavy atom. The van der Waals surface area contributed by atoms with E-state index in [0.717, 1.165) is 11.1 Å². The molecule has 0 radical (unpaired) electrons. The molecule has 0 unspecified atom stereocenters. The summed E-state index contributed by atoms with van der Waals surface area (Å²) >= 11 is 0. The van der Waals surface area contributed by atoms with Crippen molar-refractivity contribution in [3.05, 3.63) is 74.3 Å². The van der Waals surface area contributed by atoms with Crippen LogP contribution in [0.3, 0.4) is 0 Å². The maximum absolute atomic E-state index is 12.0. The van der Waals surface area contributed by atoms with E-state index in [9.17, 15) is 19.7 Å².